The van der Waals surface area contributed by atoms with Gasteiger partial charge in [-0.25, -0.2) is 0 Å². The van der Waals surface area contributed by atoms with Gasteiger partial charge in [0, 0.05) is 29.2 Å². The molecule has 0 radical (unpaired) electrons. The van der Waals surface area contributed by atoms with Gasteiger partial charge in [0.1, 0.15) is 0 Å². The topological polar surface area (TPSA) is 41.4 Å². The van der Waals surface area contributed by atoms with E-state index in [1.54, 1.807) is 18.4 Å². The van der Waals surface area contributed by atoms with Crippen LogP contribution in [0.15, 0.2) is 42.0 Å². The number of nitrogens with zero attached hydrogens (tertiary/aromatic N) is 2. The van der Waals surface area contributed by atoms with Crippen LogP contribution in [0.2, 0.25) is 10.0 Å². The molecule has 0 saturated carbocycles. The molecule has 7 heteroatoms. The Morgan fingerprint density at radius 1 is 1.29 bits per heavy atom. The zero-order valence-corrected chi connectivity index (χ0v) is 15.8. The molecule has 126 valence electrons. The highest BCUT2D eigenvalue weighted by Gasteiger charge is 2.10. The van der Waals surface area contributed by atoms with Crippen LogP contribution in [-0.4, -0.2) is 22.4 Å². The molecule has 1 aromatic heterocycles. The van der Waals surface area contributed by atoms with E-state index in [0.717, 1.165) is 22.6 Å². The number of aromatic nitrogens is 1. The molecule has 2 rings (SSSR count). The van der Waals surface area contributed by atoms with Crippen molar-refractivity contribution in [1.29, 1.82) is 0 Å². The number of thiocarbonyl (C=S) groups is 1. The number of hydrazone groups is 1. The van der Waals surface area contributed by atoms with Crippen molar-refractivity contribution in [2.24, 2.45) is 5.10 Å². The lowest BCUT2D eigenvalue weighted by atomic mass is 10.2. The molecule has 0 fully saturated rings. The minimum atomic E-state index is 0.449. The Morgan fingerprint density at radius 3 is 2.71 bits per heavy atom. The quantitative estimate of drug-likeness (QED) is 0.350. The first-order valence-electron chi connectivity index (χ1n) is 7.26. The Bertz CT molecular complexity index is 796. The highest BCUT2D eigenvalue weighted by atomic mass is 35.5. The van der Waals surface area contributed by atoms with Gasteiger partial charge in [-0.1, -0.05) is 29.3 Å². The van der Waals surface area contributed by atoms with E-state index in [9.17, 15) is 0 Å². The van der Waals surface area contributed by atoms with Crippen LogP contribution >= 0.6 is 35.4 Å². The van der Waals surface area contributed by atoms with Crippen LogP contribution in [0.4, 0.5) is 0 Å². The highest BCUT2D eigenvalue weighted by Crippen LogP contribution is 2.27. The van der Waals surface area contributed by atoms with Gasteiger partial charge in [-0.2, -0.15) is 5.10 Å². The van der Waals surface area contributed by atoms with Crippen molar-refractivity contribution in [1.82, 2.24) is 15.3 Å². The Labute approximate surface area is 157 Å². The van der Waals surface area contributed by atoms with Gasteiger partial charge in [0.05, 0.1) is 16.3 Å². The van der Waals surface area contributed by atoms with Crippen LogP contribution in [0.3, 0.4) is 0 Å². The fraction of sp³-hybridized carbons (Fsp3) is 0.176. The second kappa shape index (κ2) is 8.33. The molecule has 2 N–H and O–H groups in total. The molecule has 0 aliphatic heterocycles. The third-order valence-corrected chi connectivity index (χ3v) is 4.38. The maximum Gasteiger partial charge on any atom is 0.187 e. The lowest BCUT2D eigenvalue weighted by Gasteiger charge is -2.10. The molecular weight excluding hydrogens is 363 g/mol. The molecule has 24 heavy (non-hydrogen) atoms. The first-order valence-corrected chi connectivity index (χ1v) is 8.42. The Morgan fingerprint density at radius 2 is 2.04 bits per heavy atom. The maximum absolute atomic E-state index is 6.13. The number of rotatable bonds is 5. The van der Waals surface area contributed by atoms with E-state index in [2.05, 4.69) is 27.0 Å². The van der Waals surface area contributed by atoms with Crippen molar-refractivity contribution in [2.75, 3.05) is 6.54 Å². The lowest BCUT2D eigenvalue weighted by molar-refractivity contribution is 0.940. The molecule has 0 atom stereocenters. The van der Waals surface area contributed by atoms with E-state index in [4.69, 9.17) is 35.4 Å². The Hall–Kier alpha value is -1.82. The largest absolute Gasteiger partial charge is 0.358 e. The molecule has 1 aromatic carbocycles. The van der Waals surface area contributed by atoms with Crippen molar-refractivity contribution in [2.45, 2.75) is 13.8 Å². The zero-order valence-electron chi connectivity index (χ0n) is 13.4. The van der Waals surface area contributed by atoms with Crippen molar-refractivity contribution < 1.29 is 0 Å². The fourth-order valence-electron chi connectivity index (χ4n) is 2.30. The first-order chi connectivity index (χ1) is 11.4. The molecule has 0 unspecified atom stereocenters. The lowest BCUT2D eigenvalue weighted by Crippen LogP contribution is -2.31. The molecule has 0 aliphatic carbocycles. The third-order valence-electron chi connectivity index (χ3n) is 3.41. The average molecular weight is 381 g/mol. The predicted molar refractivity (Wildman–Crippen MR) is 107 cm³/mol. The smallest absolute Gasteiger partial charge is 0.187 e. The van der Waals surface area contributed by atoms with Gasteiger partial charge >= 0.3 is 0 Å². The number of hydrogen-bond acceptors (Lipinski definition) is 2. The molecule has 0 saturated heterocycles. The van der Waals surface area contributed by atoms with E-state index in [1.807, 2.05) is 32.0 Å². The molecule has 0 amide bonds. The minimum absolute atomic E-state index is 0.449. The van der Waals surface area contributed by atoms with E-state index in [0.29, 0.717) is 21.7 Å². The van der Waals surface area contributed by atoms with Crippen LogP contribution in [0.1, 0.15) is 17.0 Å². The number of aryl methyl sites for hydroxylation is 1. The summed E-state index contributed by atoms with van der Waals surface area (Å²) in [5.41, 5.74) is 6.82. The molecule has 0 bridgehead atoms. The summed E-state index contributed by atoms with van der Waals surface area (Å²) in [6.07, 6.45) is 3.46. The summed E-state index contributed by atoms with van der Waals surface area (Å²) in [7, 11) is 0. The van der Waals surface area contributed by atoms with Gasteiger partial charge in [-0.15, -0.1) is 6.58 Å². The summed E-state index contributed by atoms with van der Waals surface area (Å²) in [4.78, 5) is 0. The molecule has 1 heterocycles. The average Bonchev–Trinajstić information content (AvgIpc) is 2.82. The first kappa shape index (κ1) is 18.5. The summed E-state index contributed by atoms with van der Waals surface area (Å²) in [5, 5.41) is 8.62. The third kappa shape index (κ3) is 4.38. The number of halogens is 2. The molecular formula is C17H18Cl2N4S. The SMILES string of the molecule is C=CCNC(=S)NN=Cc1cc(C)n(-c2ccc(Cl)c(Cl)c2)c1C. The second-order valence-electron chi connectivity index (χ2n) is 5.13. The highest BCUT2D eigenvalue weighted by molar-refractivity contribution is 7.80. The van der Waals surface area contributed by atoms with E-state index < -0.39 is 0 Å². The monoisotopic (exact) mass is 380 g/mol. The normalized spacial score (nSPS) is 10.8. The molecule has 4 nitrogen and oxygen atoms in total. The fourth-order valence-corrected chi connectivity index (χ4v) is 2.73. The van der Waals surface area contributed by atoms with Crippen LogP contribution in [-0.2, 0) is 0 Å². The Kier molecular flexibility index (Phi) is 6.43. The van der Waals surface area contributed by atoms with Crippen molar-refractivity contribution in [3.63, 3.8) is 0 Å². The van der Waals surface area contributed by atoms with Gasteiger partial charge in [0.2, 0.25) is 0 Å². The summed E-state index contributed by atoms with van der Waals surface area (Å²) in [6.45, 7) is 8.25. The van der Waals surface area contributed by atoms with Gasteiger partial charge < -0.3 is 9.88 Å². The molecule has 2 aromatic rings. The summed E-state index contributed by atoms with van der Waals surface area (Å²) >= 11 is 17.2. The number of hydrogen-bond donors (Lipinski definition) is 2. The number of nitrogens with one attached hydrogen (secondary N) is 2. The van der Waals surface area contributed by atoms with Crippen molar-refractivity contribution in [3.8, 4) is 5.69 Å². The van der Waals surface area contributed by atoms with E-state index in [1.165, 1.54) is 0 Å². The predicted octanol–water partition coefficient (Wildman–Crippen LogP) is 4.38. The van der Waals surface area contributed by atoms with Crippen molar-refractivity contribution in [3.05, 3.63) is 63.9 Å². The van der Waals surface area contributed by atoms with Crippen molar-refractivity contribution >= 4 is 46.7 Å². The van der Waals surface area contributed by atoms with Gasteiger partial charge in [-0.3, -0.25) is 5.43 Å². The molecule has 0 aliphatic rings. The van der Waals surface area contributed by atoms with Gasteiger partial charge in [0.25, 0.3) is 0 Å². The van der Waals surface area contributed by atoms with Gasteiger partial charge in [-0.05, 0) is 50.3 Å². The molecule has 0 spiro atoms. The van der Waals surface area contributed by atoms with Crippen LogP contribution < -0.4 is 10.7 Å². The van der Waals surface area contributed by atoms with E-state index >= 15 is 0 Å². The second-order valence-corrected chi connectivity index (χ2v) is 6.35. The Balaban J connectivity index is 2.21. The number of benzene rings is 1. The summed E-state index contributed by atoms with van der Waals surface area (Å²) in [6, 6.07) is 7.61. The summed E-state index contributed by atoms with van der Waals surface area (Å²) in [5.74, 6) is 0. The standard InChI is InChI=1S/C17H18Cl2N4S/c1-4-7-20-17(24)22-21-10-13-8-11(2)23(12(13)3)14-5-6-15(18)16(19)9-14/h4-6,8-10H,1,7H2,2-3H3,(H2,20,22,24). The van der Waals surface area contributed by atoms with E-state index in [-0.39, 0.29) is 0 Å². The van der Waals surface area contributed by atoms with Crippen LogP contribution in [0.25, 0.3) is 5.69 Å². The minimum Gasteiger partial charge on any atom is -0.358 e. The maximum atomic E-state index is 6.13. The zero-order chi connectivity index (χ0) is 17.7. The van der Waals surface area contributed by atoms with Gasteiger partial charge in [0.15, 0.2) is 5.11 Å². The van der Waals surface area contributed by atoms with Crippen LogP contribution in [0, 0.1) is 13.8 Å². The van der Waals surface area contributed by atoms with Crippen LogP contribution in [0.5, 0.6) is 0 Å². The summed E-state index contributed by atoms with van der Waals surface area (Å²) < 4.78 is 2.10.